The van der Waals surface area contributed by atoms with Crippen molar-refractivity contribution in [3.8, 4) is 0 Å². The third-order valence-corrected chi connectivity index (χ3v) is 4.86. The van der Waals surface area contributed by atoms with Gasteiger partial charge >= 0.3 is 0 Å². The molecule has 0 aromatic carbocycles. The number of hydrogen-bond acceptors (Lipinski definition) is 8. The lowest BCUT2D eigenvalue weighted by molar-refractivity contribution is -0.277. The van der Waals surface area contributed by atoms with Crippen molar-refractivity contribution in [3.63, 3.8) is 0 Å². The summed E-state index contributed by atoms with van der Waals surface area (Å²) >= 11 is 0. The molecular weight excluding hydrogens is 324 g/mol. The molecule has 0 aromatic heterocycles. The summed E-state index contributed by atoms with van der Waals surface area (Å²) in [5.41, 5.74) is -1.76. The highest BCUT2D eigenvalue weighted by Gasteiger charge is 2.66. The van der Waals surface area contributed by atoms with Crippen LogP contribution in [0, 0.1) is 0 Å². The Balaban J connectivity index is 2.54. The average molecular weight is 348 g/mol. The molecule has 2 amide bonds. The molecule has 10 nitrogen and oxygen atoms in total. The number of rotatable bonds is 3. The first-order chi connectivity index (χ1) is 11.2. The van der Waals surface area contributed by atoms with Gasteiger partial charge in [-0.3, -0.25) is 9.59 Å². The van der Waals surface area contributed by atoms with Crippen LogP contribution in [-0.2, 0) is 14.3 Å². The highest BCUT2D eigenvalue weighted by Crippen LogP contribution is 2.44. The van der Waals surface area contributed by atoms with Crippen LogP contribution in [0.1, 0.15) is 13.3 Å². The molecule has 2 rings (SSSR count). The zero-order chi connectivity index (χ0) is 18.2. The number of aliphatic hydroxyl groups is 5. The van der Waals surface area contributed by atoms with Gasteiger partial charge in [0.1, 0.15) is 36.1 Å². The molecular formula is C14H24N2O8. The van der Waals surface area contributed by atoms with Crippen molar-refractivity contribution in [3.05, 3.63) is 0 Å². The van der Waals surface area contributed by atoms with Crippen molar-refractivity contribution in [1.29, 1.82) is 0 Å². The van der Waals surface area contributed by atoms with Gasteiger partial charge in [-0.2, -0.15) is 0 Å². The first-order valence-electron chi connectivity index (χ1n) is 7.69. The molecule has 2 fully saturated rings. The number of aliphatic hydroxyl groups excluding tert-OH is 5. The molecule has 24 heavy (non-hydrogen) atoms. The van der Waals surface area contributed by atoms with Gasteiger partial charge in [-0.25, -0.2) is 0 Å². The normalized spacial score (nSPS) is 42.4. The Kier molecular flexibility index (Phi) is 5.47. The topological polar surface area (TPSA) is 160 Å². The van der Waals surface area contributed by atoms with E-state index in [2.05, 4.69) is 5.32 Å². The summed E-state index contributed by atoms with van der Waals surface area (Å²) in [6.07, 6.45) is -6.32. The Morgan fingerprint density at radius 2 is 1.83 bits per heavy atom. The Labute approximate surface area is 138 Å². The van der Waals surface area contributed by atoms with Crippen LogP contribution < -0.4 is 5.32 Å². The predicted molar refractivity (Wildman–Crippen MR) is 78.6 cm³/mol. The number of carbonyl (C=O) groups is 2. The number of nitrogens with zero attached hydrogens (tertiary/aromatic N) is 1. The molecule has 2 saturated heterocycles. The van der Waals surface area contributed by atoms with E-state index in [9.17, 15) is 35.1 Å². The van der Waals surface area contributed by atoms with Crippen LogP contribution in [0.25, 0.3) is 0 Å². The Morgan fingerprint density at radius 3 is 2.29 bits per heavy atom. The van der Waals surface area contributed by atoms with E-state index in [1.54, 1.807) is 0 Å². The monoisotopic (exact) mass is 348 g/mol. The van der Waals surface area contributed by atoms with E-state index in [0.29, 0.717) is 0 Å². The van der Waals surface area contributed by atoms with Gasteiger partial charge in [0.2, 0.25) is 11.8 Å². The Bertz CT molecular complexity index is 501. The first kappa shape index (κ1) is 19.0. The molecule has 2 heterocycles. The van der Waals surface area contributed by atoms with Gasteiger partial charge < -0.3 is 40.5 Å². The highest BCUT2D eigenvalue weighted by molar-refractivity contribution is 5.89. The molecule has 1 unspecified atom stereocenters. The molecule has 0 radical (unpaired) electrons. The van der Waals surface area contributed by atoms with E-state index in [1.165, 1.54) is 14.0 Å². The molecule has 7 atom stereocenters. The SMILES string of the molecule is CNC(=O)[C@H]1N(C(C)=O)[C@H](CO)C[C@]12O[C@H](CO)[C@@H](O)[C@H](O)C2O. The van der Waals surface area contributed by atoms with E-state index >= 15 is 0 Å². The second-order valence-corrected chi connectivity index (χ2v) is 6.20. The van der Waals surface area contributed by atoms with Gasteiger partial charge in [0, 0.05) is 20.4 Å². The lowest BCUT2D eigenvalue weighted by Crippen LogP contribution is -2.71. The van der Waals surface area contributed by atoms with E-state index < -0.39 is 67.1 Å². The molecule has 0 aliphatic carbocycles. The van der Waals surface area contributed by atoms with Crippen LogP contribution in [0.4, 0.5) is 0 Å². The second kappa shape index (κ2) is 6.90. The number of nitrogens with one attached hydrogen (secondary N) is 1. The average Bonchev–Trinajstić information content (AvgIpc) is 2.91. The molecule has 0 aromatic rings. The number of carbonyl (C=O) groups excluding carboxylic acids is 2. The molecule has 6 N–H and O–H groups in total. The minimum atomic E-state index is -1.76. The lowest BCUT2D eigenvalue weighted by Gasteiger charge is -2.49. The van der Waals surface area contributed by atoms with Crippen LogP contribution in [0.2, 0.25) is 0 Å². The standard InChI is InChI=1S/C14H24N2O8/c1-6(19)16-7(4-17)3-14(11(16)13(23)15-2)12(22)10(21)9(20)8(5-18)24-14/h7-12,17-18,20-22H,3-5H2,1-2H3,(H,15,23)/t7-,8+,9+,10-,11+,12?,14-/m0/s1. The summed E-state index contributed by atoms with van der Waals surface area (Å²) in [7, 11) is 1.34. The smallest absolute Gasteiger partial charge is 0.245 e. The number of hydrogen-bond donors (Lipinski definition) is 6. The summed E-state index contributed by atoms with van der Waals surface area (Å²) in [4.78, 5) is 25.5. The summed E-state index contributed by atoms with van der Waals surface area (Å²) in [5, 5.41) is 51.9. The Morgan fingerprint density at radius 1 is 1.21 bits per heavy atom. The van der Waals surface area contributed by atoms with Gasteiger partial charge in [0.05, 0.1) is 19.3 Å². The summed E-state index contributed by atoms with van der Waals surface area (Å²) in [5.74, 6) is -1.17. The highest BCUT2D eigenvalue weighted by atomic mass is 16.6. The number of likely N-dealkylation sites (tertiary alicyclic amines) is 1. The fourth-order valence-electron chi connectivity index (χ4n) is 3.76. The summed E-state index contributed by atoms with van der Waals surface area (Å²) < 4.78 is 5.65. The molecule has 2 aliphatic rings. The van der Waals surface area contributed by atoms with Crippen LogP contribution in [0.15, 0.2) is 0 Å². The minimum Gasteiger partial charge on any atom is -0.394 e. The molecule has 1 spiro atoms. The largest absolute Gasteiger partial charge is 0.394 e. The van der Waals surface area contributed by atoms with Crippen molar-refractivity contribution in [2.45, 2.75) is 55.4 Å². The maximum atomic E-state index is 12.4. The molecule has 138 valence electrons. The maximum Gasteiger partial charge on any atom is 0.245 e. The summed E-state index contributed by atoms with van der Waals surface area (Å²) in [6.45, 7) is 0.0754. The van der Waals surface area contributed by atoms with Gasteiger partial charge in [-0.05, 0) is 0 Å². The third-order valence-electron chi connectivity index (χ3n) is 4.86. The second-order valence-electron chi connectivity index (χ2n) is 6.20. The van der Waals surface area contributed by atoms with Crippen LogP contribution in [-0.4, -0.2) is 105 Å². The Hall–Kier alpha value is -1.30. The maximum absolute atomic E-state index is 12.4. The van der Waals surface area contributed by atoms with Crippen LogP contribution >= 0.6 is 0 Å². The predicted octanol–water partition coefficient (Wildman–Crippen LogP) is -4.07. The number of likely N-dealkylation sites (N-methyl/N-ethyl adjacent to an activating group) is 1. The molecule has 10 heteroatoms. The number of amides is 2. The fourth-order valence-corrected chi connectivity index (χ4v) is 3.76. The lowest BCUT2D eigenvalue weighted by atomic mass is 9.78. The van der Waals surface area contributed by atoms with E-state index in [-0.39, 0.29) is 6.42 Å². The van der Waals surface area contributed by atoms with E-state index in [4.69, 9.17) is 4.74 Å². The molecule has 2 aliphatic heterocycles. The van der Waals surface area contributed by atoms with Crippen molar-refractivity contribution >= 4 is 11.8 Å². The van der Waals surface area contributed by atoms with Crippen LogP contribution in [0.3, 0.4) is 0 Å². The molecule has 0 bridgehead atoms. The van der Waals surface area contributed by atoms with Crippen molar-refractivity contribution < 1.29 is 39.9 Å². The van der Waals surface area contributed by atoms with E-state index in [1.807, 2.05) is 0 Å². The quantitative estimate of drug-likeness (QED) is 0.300. The van der Waals surface area contributed by atoms with Crippen LogP contribution in [0.5, 0.6) is 0 Å². The zero-order valence-corrected chi connectivity index (χ0v) is 13.5. The van der Waals surface area contributed by atoms with Crippen molar-refractivity contribution in [1.82, 2.24) is 10.2 Å². The van der Waals surface area contributed by atoms with Gasteiger partial charge in [0.25, 0.3) is 0 Å². The minimum absolute atomic E-state index is 0.136. The molecule has 0 saturated carbocycles. The van der Waals surface area contributed by atoms with Crippen molar-refractivity contribution in [2.75, 3.05) is 20.3 Å². The van der Waals surface area contributed by atoms with Gasteiger partial charge in [-0.1, -0.05) is 0 Å². The van der Waals surface area contributed by atoms with Gasteiger partial charge in [-0.15, -0.1) is 0 Å². The summed E-state index contributed by atoms with van der Waals surface area (Å²) in [6, 6.07) is -2.15. The zero-order valence-electron chi connectivity index (χ0n) is 13.5. The third kappa shape index (κ3) is 2.68. The van der Waals surface area contributed by atoms with Gasteiger partial charge in [0.15, 0.2) is 0 Å². The van der Waals surface area contributed by atoms with E-state index in [0.717, 1.165) is 4.90 Å². The first-order valence-corrected chi connectivity index (χ1v) is 7.69. The van der Waals surface area contributed by atoms with Crippen molar-refractivity contribution in [2.24, 2.45) is 0 Å². The number of ether oxygens (including phenoxy) is 1. The fraction of sp³-hybridized carbons (Fsp3) is 0.857.